The zero-order chi connectivity index (χ0) is 7.28. The van der Waals surface area contributed by atoms with Gasteiger partial charge in [0.2, 0.25) is 12.7 Å². The van der Waals surface area contributed by atoms with Crippen LogP contribution in [-0.4, -0.2) is 18.7 Å². The summed E-state index contributed by atoms with van der Waals surface area (Å²) >= 11 is 0. The molecule has 0 fully saturated rings. The van der Waals surface area contributed by atoms with Gasteiger partial charge in [-0.25, -0.2) is 0 Å². The molecule has 1 N–H and O–H groups in total. The van der Waals surface area contributed by atoms with E-state index in [1.54, 1.807) is 6.29 Å². The number of carbonyl (C=O) groups excluding carboxylic acids is 2. The number of hydrogen-bond donors (Lipinski definition) is 1. The lowest BCUT2D eigenvalue weighted by molar-refractivity contribution is -0.110. The molecular weight excluding hydrogens is 118 g/mol. The lowest BCUT2D eigenvalue weighted by Crippen LogP contribution is -2.33. The first-order chi connectivity index (χ1) is 4.22. The summed E-state index contributed by atoms with van der Waals surface area (Å²) in [4.78, 5) is 19.8. The lowest BCUT2D eigenvalue weighted by atomic mass is 10.1. The zero-order valence-electron chi connectivity index (χ0n) is 5.55. The summed E-state index contributed by atoms with van der Waals surface area (Å²) in [6.07, 6.45) is 2.22. The monoisotopic (exact) mass is 128 g/mol. The van der Waals surface area contributed by atoms with Gasteiger partial charge in [-0.05, 0) is 5.92 Å². The molecule has 1 amide bonds. The SMILES string of the molecule is CC(C)C([C]=O)NC=O. The second-order valence-corrected chi connectivity index (χ2v) is 2.12. The summed E-state index contributed by atoms with van der Waals surface area (Å²) in [5.74, 6) is 0.118. The molecular formula is C6H10NO2. The quantitative estimate of drug-likeness (QED) is 0.536. The molecule has 0 aliphatic rings. The van der Waals surface area contributed by atoms with E-state index in [1.165, 1.54) is 0 Å². The Morgan fingerprint density at radius 3 is 2.22 bits per heavy atom. The Morgan fingerprint density at radius 1 is 1.56 bits per heavy atom. The Morgan fingerprint density at radius 2 is 2.11 bits per heavy atom. The van der Waals surface area contributed by atoms with Crippen molar-refractivity contribution in [1.29, 1.82) is 0 Å². The Kier molecular flexibility index (Phi) is 3.67. The Bertz CT molecular complexity index is 101. The van der Waals surface area contributed by atoms with Crippen LogP contribution in [-0.2, 0) is 9.59 Å². The van der Waals surface area contributed by atoms with Crippen molar-refractivity contribution >= 4 is 12.7 Å². The number of amides is 1. The second kappa shape index (κ2) is 4.06. The third-order valence-corrected chi connectivity index (χ3v) is 1.04. The molecule has 0 aromatic heterocycles. The van der Waals surface area contributed by atoms with Crippen LogP contribution in [0.1, 0.15) is 13.8 Å². The number of rotatable bonds is 4. The van der Waals surface area contributed by atoms with E-state index in [2.05, 4.69) is 5.32 Å². The van der Waals surface area contributed by atoms with Gasteiger partial charge in [-0.3, -0.25) is 9.59 Å². The smallest absolute Gasteiger partial charge is 0.223 e. The number of carbonyl (C=O) groups is 1. The van der Waals surface area contributed by atoms with Gasteiger partial charge in [0, 0.05) is 0 Å². The van der Waals surface area contributed by atoms with Crippen LogP contribution in [0.2, 0.25) is 0 Å². The van der Waals surface area contributed by atoms with E-state index in [4.69, 9.17) is 0 Å². The van der Waals surface area contributed by atoms with Crippen LogP contribution in [0.4, 0.5) is 0 Å². The molecule has 0 saturated carbocycles. The first-order valence-electron chi connectivity index (χ1n) is 2.79. The molecule has 9 heavy (non-hydrogen) atoms. The van der Waals surface area contributed by atoms with Gasteiger partial charge in [0.25, 0.3) is 0 Å². The van der Waals surface area contributed by atoms with Crippen molar-refractivity contribution in [3.63, 3.8) is 0 Å². The minimum Gasteiger partial charge on any atom is -0.348 e. The van der Waals surface area contributed by atoms with Crippen LogP contribution in [0.3, 0.4) is 0 Å². The molecule has 0 spiro atoms. The number of hydrogen-bond acceptors (Lipinski definition) is 2. The van der Waals surface area contributed by atoms with Crippen LogP contribution in [0.5, 0.6) is 0 Å². The Balaban J connectivity index is 3.66. The second-order valence-electron chi connectivity index (χ2n) is 2.12. The van der Waals surface area contributed by atoms with Gasteiger partial charge in [-0.2, -0.15) is 0 Å². The van der Waals surface area contributed by atoms with Crippen LogP contribution < -0.4 is 5.32 Å². The van der Waals surface area contributed by atoms with E-state index in [0.717, 1.165) is 0 Å². The van der Waals surface area contributed by atoms with Crippen molar-refractivity contribution in [3.8, 4) is 0 Å². The summed E-state index contributed by atoms with van der Waals surface area (Å²) in [5, 5.41) is 2.33. The molecule has 0 rings (SSSR count). The van der Waals surface area contributed by atoms with Gasteiger partial charge in [-0.15, -0.1) is 0 Å². The predicted molar refractivity (Wildman–Crippen MR) is 33.5 cm³/mol. The maximum Gasteiger partial charge on any atom is 0.223 e. The van der Waals surface area contributed by atoms with E-state index in [0.29, 0.717) is 6.41 Å². The molecule has 0 saturated heterocycles. The highest BCUT2D eigenvalue weighted by atomic mass is 16.1. The molecule has 0 aromatic carbocycles. The van der Waals surface area contributed by atoms with E-state index in [1.807, 2.05) is 13.8 Å². The van der Waals surface area contributed by atoms with Gasteiger partial charge < -0.3 is 5.32 Å². The standard InChI is InChI=1S/C6H10NO2/c1-5(2)6(3-8)7-4-9/h4-6H,1-2H3,(H,7,9). The highest BCUT2D eigenvalue weighted by molar-refractivity contribution is 5.64. The van der Waals surface area contributed by atoms with Crippen molar-refractivity contribution in [3.05, 3.63) is 0 Å². The molecule has 1 unspecified atom stereocenters. The van der Waals surface area contributed by atoms with E-state index in [-0.39, 0.29) is 5.92 Å². The fourth-order valence-electron chi connectivity index (χ4n) is 0.436. The zero-order valence-corrected chi connectivity index (χ0v) is 5.55. The topological polar surface area (TPSA) is 46.2 Å². The van der Waals surface area contributed by atoms with Crippen molar-refractivity contribution in [2.24, 2.45) is 5.92 Å². The third-order valence-electron chi connectivity index (χ3n) is 1.04. The van der Waals surface area contributed by atoms with Crippen LogP contribution in [0.15, 0.2) is 0 Å². The number of nitrogens with one attached hydrogen (secondary N) is 1. The fourth-order valence-corrected chi connectivity index (χ4v) is 0.436. The molecule has 0 bridgehead atoms. The lowest BCUT2D eigenvalue weighted by Gasteiger charge is -2.10. The summed E-state index contributed by atoms with van der Waals surface area (Å²) in [7, 11) is 0. The van der Waals surface area contributed by atoms with Gasteiger partial charge in [0.1, 0.15) is 0 Å². The maximum absolute atomic E-state index is 9.99. The van der Waals surface area contributed by atoms with Gasteiger partial charge in [-0.1, -0.05) is 13.8 Å². The normalized spacial score (nSPS) is 12.8. The van der Waals surface area contributed by atoms with Crippen molar-refractivity contribution in [2.45, 2.75) is 19.9 Å². The molecule has 0 aliphatic heterocycles. The van der Waals surface area contributed by atoms with Crippen LogP contribution in [0.25, 0.3) is 0 Å². The minimum absolute atomic E-state index is 0.118. The van der Waals surface area contributed by atoms with Crippen LogP contribution in [0, 0.1) is 5.92 Å². The predicted octanol–water partition coefficient (Wildman–Crippen LogP) is -0.133. The molecule has 1 radical (unpaired) electrons. The third kappa shape index (κ3) is 2.85. The molecule has 1 atom stereocenters. The summed E-state index contributed by atoms with van der Waals surface area (Å²) in [6.45, 7) is 3.68. The average molecular weight is 128 g/mol. The largest absolute Gasteiger partial charge is 0.348 e. The highest BCUT2D eigenvalue weighted by Crippen LogP contribution is 1.95. The fraction of sp³-hybridized carbons (Fsp3) is 0.667. The molecule has 3 nitrogen and oxygen atoms in total. The highest BCUT2D eigenvalue weighted by Gasteiger charge is 2.09. The summed E-state index contributed by atoms with van der Waals surface area (Å²) in [5.41, 5.74) is 0. The first kappa shape index (κ1) is 8.14. The van der Waals surface area contributed by atoms with E-state index in [9.17, 15) is 9.59 Å². The van der Waals surface area contributed by atoms with Crippen LogP contribution >= 0.6 is 0 Å². The van der Waals surface area contributed by atoms with Crippen molar-refractivity contribution < 1.29 is 9.59 Å². The molecule has 0 heterocycles. The molecule has 3 heteroatoms. The maximum atomic E-state index is 9.99. The molecule has 0 aromatic rings. The first-order valence-corrected chi connectivity index (χ1v) is 2.79. The van der Waals surface area contributed by atoms with Gasteiger partial charge >= 0.3 is 0 Å². The summed E-state index contributed by atoms with van der Waals surface area (Å²) < 4.78 is 0. The molecule has 51 valence electrons. The van der Waals surface area contributed by atoms with Crippen molar-refractivity contribution in [2.75, 3.05) is 0 Å². The van der Waals surface area contributed by atoms with Crippen molar-refractivity contribution in [1.82, 2.24) is 5.32 Å². The molecule has 0 aliphatic carbocycles. The van der Waals surface area contributed by atoms with Gasteiger partial charge in [0.05, 0.1) is 6.04 Å². The Labute approximate surface area is 54.4 Å². The summed E-state index contributed by atoms with van der Waals surface area (Å²) in [6, 6.07) is -0.456. The average Bonchev–Trinajstić information content (AvgIpc) is 1.82. The Hall–Kier alpha value is -0.860. The van der Waals surface area contributed by atoms with E-state index >= 15 is 0 Å². The van der Waals surface area contributed by atoms with E-state index < -0.39 is 6.04 Å². The van der Waals surface area contributed by atoms with Gasteiger partial charge in [0.15, 0.2) is 0 Å². The minimum atomic E-state index is -0.456.